The monoisotopic (exact) mass is 327 g/mol. The van der Waals surface area contributed by atoms with Crippen molar-refractivity contribution in [2.75, 3.05) is 26.2 Å². The highest BCUT2D eigenvalue weighted by molar-refractivity contribution is 6.30. The van der Waals surface area contributed by atoms with Gasteiger partial charge in [0.25, 0.3) is 0 Å². The van der Waals surface area contributed by atoms with Crippen LogP contribution < -0.4 is 5.32 Å². The molecule has 0 atom stereocenters. The molecule has 0 saturated carbocycles. The van der Waals surface area contributed by atoms with Crippen LogP contribution in [0.2, 0.25) is 5.02 Å². The van der Waals surface area contributed by atoms with E-state index in [1.54, 1.807) is 6.20 Å². The summed E-state index contributed by atoms with van der Waals surface area (Å²) in [6.45, 7) is 4.99. The van der Waals surface area contributed by atoms with Crippen molar-refractivity contribution in [3.05, 3.63) is 53.6 Å². The maximum absolute atomic E-state index is 6.20. The van der Waals surface area contributed by atoms with E-state index in [-0.39, 0.29) is 0 Å². The van der Waals surface area contributed by atoms with Crippen molar-refractivity contribution in [2.24, 2.45) is 0 Å². The molecule has 0 aliphatic carbocycles. The normalized spacial score (nSPS) is 16.0. The zero-order chi connectivity index (χ0) is 15.6. The molecule has 0 spiro atoms. The highest BCUT2D eigenvalue weighted by Gasteiger charge is 2.18. The first kappa shape index (κ1) is 14.6. The fraction of sp³-hybridized carbons (Fsp3) is 0.294. The Labute approximate surface area is 139 Å². The molecule has 3 aromatic heterocycles. The second-order valence-electron chi connectivity index (χ2n) is 5.75. The lowest BCUT2D eigenvalue weighted by atomic mass is 10.1. The summed E-state index contributed by atoms with van der Waals surface area (Å²) in [6, 6.07) is 7.84. The molecule has 1 fully saturated rings. The largest absolute Gasteiger partial charge is 0.314 e. The van der Waals surface area contributed by atoms with Gasteiger partial charge in [0.15, 0.2) is 0 Å². The topological polar surface area (TPSA) is 45.5 Å². The molecule has 5 nitrogen and oxygen atoms in total. The summed E-state index contributed by atoms with van der Waals surface area (Å²) in [5.41, 5.74) is 4.10. The van der Waals surface area contributed by atoms with Gasteiger partial charge in [0.1, 0.15) is 5.65 Å². The first-order chi connectivity index (χ1) is 11.3. The summed E-state index contributed by atoms with van der Waals surface area (Å²) in [5.74, 6) is 0. The van der Waals surface area contributed by atoms with Gasteiger partial charge in [-0.2, -0.15) is 0 Å². The first-order valence-electron chi connectivity index (χ1n) is 7.81. The van der Waals surface area contributed by atoms with Crippen molar-refractivity contribution >= 4 is 17.2 Å². The van der Waals surface area contributed by atoms with Gasteiger partial charge < -0.3 is 9.72 Å². The maximum atomic E-state index is 6.20. The number of nitrogens with one attached hydrogen (secondary N) is 1. The number of aromatic nitrogens is 3. The predicted molar refractivity (Wildman–Crippen MR) is 91.6 cm³/mol. The Balaban J connectivity index is 1.82. The van der Waals surface area contributed by atoms with Crippen LogP contribution in [0, 0.1) is 0 Å². The quantitative estimate of drug-likeness (QED) is 0.802. The molecule has 1 N–H and O–H groups in total. The molecule has 0 amide bonds. The van der Waals surface area contributed by atoms with Crippen LogP contribution in [-0.2, 0) is 6.54 Å². The van der Waals surface area contributed by atoms with Crippen molar-refractivity contribution in [1.29, 1.82) is 0 Å². The molecule has 1 aliphatic heterocycles. The first-order valence-corrected chi connectivity index (χ1v) is 8.19. The van der Waals surface area contributed by atoms with Crippen LogP contribution in [0.3, 0.4) is 0 Å². The zero-order valence-corrected chi connectivity index (χ0v) is 13.5. The van der Waals surface area contributed by atoms with Crippen LogP contribution in [0.4, 0.5) is 0 Å². The number of hydrogen-bond acceptors (Lipinski definition) is 4. The van der Waals surface area contributed by atoms with Crippen molar-refractivity contribution in [2.45, 2.75) is 6.54 Å². The molecular weight excluding hydrogens is 310 g/mol. The van der Waals surface area contributed by atoms with Crippen LogP contribution in [0.15, 0.2) is 42.9 Å². The van der Waals surface area contributed by atoms with Crippen molar-refractivity contribution in [1.82, 2.24) is 24.6 Å². The summed E-state index contributed by atoms with van der Waals surface area (Å²) in [4.78, 5) is 11.5. The molecular formula is C17H18ClN5. The van der Waals surface area contributed by atoms with Crippen molar-refractivity contribution < 1.29 is 0 Å². The van der Waals surface area contributed by atoms with Gasteiger partial charge in [-0.25, -0.2) is 4.98 Å². The van der Waals surface area contributed by atoms with E-state index in [0.29, 0.717) is 5.02 Å². The van der Waals surface area contributed by atoms with Gasteiger partial charge in [-0.05, 0) is 24.3 Å². The molecule has 4 rings (SSSR count). The number of fused-ring (bicyclic) bond motifs is 1. The highest BCUT2D eigenvalue weighted by Crippen LogP contribution is 2.26. The zero-order valence-electron chi connectivity index (χ0n) is 12.7. The van der Waals surface area contributed by atoms with Gasteiger partial charge in [0.05, 0.1) is 16.4 Å². The second-order valence-corrected chi connectivity index (χ2v) is 6.19. The number of pyridine rings is 2. The Morgan fingerprint density at radius 1 is 1.17 bits per heavy atom. The summed E-state index contributed by atoms with van der Waals surface area (Å²) in [7, 11) is 0. The van der Waals surface area contributed by atoms with Crippen molar-refractivity contribution in [3.8, 4) is 11.3 Å². The Hall–Kier alpha value is -1.95. The molecule has 1 aliphatic rings. The Morgan fingerprint density at radius 3 is 2.83 bits per heavy atom. The van der Waals surface area contributed by atoms with Gasteiger partial charge in [-0.3, -0.25) is 9.88 Å². The summed E-state index contributed by atoms with van der Waals surface area (Å²) in [6.07, 6.45) is 5.60. The van der Waals surface area contributed by atoms with Crippen LogP contribution in [-0.4, -0.2) is 45.4 Å². The van der Waals surface area contributed by atoms with Gasteiger partial charge >= 0.3 is 0 Å². The Kier molecular flexibility index (Phi) is 3.99. The van der Waals surface area contributed by atoms with Gasteiger partial charge in [0.2, 0.25) is 0 Å². The molecule has 23 heavy (non-hydrogen) atoms. The standard InChI is InChI=1S/C17H18ClN5/c18-14-3-4-16-21-17(13-2-1-5-20-10-13)15(23(16)11-14)12-22-8-6-19-7-9-22/h1-5,10-11,19H,6-9,12H2. The van der Waals surface area contributed by atoms with E-state index in [9.17, 15) is 0 Å². The number of imidazole rings is 1. The molecule has 0 aromatic carbocycles. The summed E-state index contributed by atoms with van der Waals surface area (Å²) in [5, 5.41) is 4.11. The summed E-state index contributed by atoms with van der Waals surface area (Å²) < 4.78 is 2.10. The molecule has 0 unspecified atom stereocenters. The Bertz CT molecular complexity index is 808. The van der Waals surface area contributed by atoms with Gasteiger partial charge in [-0.15, -0.1) is 0 Å². The molecule has 6 heteroatoms. The SMILES string of the molecule is Clc1ccc2nc(-c3cccnc3)c(CN3CCNCC3)n2c1. The molecule has 4 heterocycles. The minimum Gasteiger partial charge on any atom is -0.314 e. The lowest BCUT2D eigenvalue weighted by Gasteiger charge is -2.27. The average Bonchev–Trinajstić information content (AvgIpc) is 2.95. The molecule has 118 valence electrons. The lowest BCUT2D eigenvalue weighted by Crippen LogP contribution is -2.43. The van der Waals surface area contributed by atoms with E-state index in [4.69, 9.17) is 16.6 Å². The van der Waals surface area contributed by atoms with Crippen LogP contribution in [0.25, 0.3) is 16.9 Å². The Morgan fingerprint density at radius 2 is 2.04 bits per heavy atom. The van der Waals surface area contributed by atoms with E-state index >= 15 is 0 Å². The fourth-order valence-corrected chi connectivity index (χ4v) is 3.19. The summed E-state index contributed by atoms with van der Waals surface area (Å²) >= 11 is 6.20. The molecule has 0 bridgehead atoms. The lowest BCUT2D eigenvalue weighted by molar-refractivity contribution is 0.230. The molecule has 1 saturated heterocycles. The number of halogens is 1. The maximum Gasteiger partial charge on any atom is 0.137 e. The second kappa shape index (κ2) is 6.28. The number of hydrogen-bond donors (Lipinski definition) is 1. The molecule has 0 radical (unpaired) electrons. The molecule has 3 aromatic rings. The smallest absolute Gasteiger partial charge is 0.137 e. The average molecular weight is 328 g/mol. The van der Waals surface area contributed by atoms with Crippen LogP contribution >= 0.6 is 11.6 Å². The third-order valence-electron chi connectivity index (χ3n) is 4.20. The predicted octanol–water partition coefficient (Wildman–Crippen LogP) is 2.45. The van der Waals surface area contributed by atoms with E-state index < -0.39 is 0 Å². The number of rotatable bonds is 3. The highest BCUT2D eigenvalue weighted by atomic mass is 35.5. The minimum atomic E-state index is 0.717. The van der Waals surface area contributed by atoms with Gasteiger partial charge in [-0.1, -0.05) is 11.6 Å². The third kappa shape index (κ3) is 2.95. The fourth-order valence-electron chi connectivity index (χ4n) is 3.03. The van der Waals surface area contributed by atoms with E-state index in [1.807, 2.05) is 30.6 Å². The number of nitrogens with zero attached hydrogens (tertiary/aromatic N) is 4. The number of piperazine rings is 1. The third-order valence-corrected chi connectivity index (χ3v) is 4.42. The van der Waals surface area contributed by atoms with Gasteiger partial charge in [0, 0.05) is 56.9 Å². The van der Waals surface area contributed by atoms with Crippen LogP contribution in [0.5, 0.6) is 0 Å². The van der Waals surface area contributed by atoms with E-state index in [1.165, 1.54) is 0 Å². The van der Waals surface area contributed by atoms with E-state index in [0.717, 1.165) is 55.3 Å². The van der Waals surface area contributed by atoms with Crippen LogP contribution in [0.1, 0.15) is 5.69 Å². The minimum absolute atomic E-state index is 0.717. The van der Waals surface area contributed by atoms with Crippen molar-refractivity contribution in [3.63, 3.8) is 0 Å². The van der Waals surface area contributed by atoms with E-state index in [2.05, 4.69) is 25.7 Å².